The molecule has 0 spiro atoms. The molecule has 1 amide bonds. The van der Waals surface area contributed by atoms with Crippen molar-refractivity contribution in [3.05, 3.63) is 59.1 Å². The highest BCUT2D eigenvalue weighted by Gasteiger charge is 2.19. The molecule has 128 valence electrons. The second-order valence-electron chi connectivity index (χ2n) is 5.55. The molecule has 0 radical (unpaired) electrons. The minimum atomic E-state index is -3.68. The summed E-state index contributed by atoms with van der Waals surface area (Å²) < 4.78 is 24.4. The molecule has 1 N–H and O–H groups in total. The number of carbonyl (C=O) groups excluding carboxylic acids is 1. The number of benzene rings is 2. The quantitative estimate of drug-likeness (QED) is 0.853. The minimum Gasteiger partial charge on any atom is -0.378 e. The Kier molecular flexibility index (Phi) is 5.85. The van der Waals surface area contributed by atoms with Crippen molar-refractivity contribution in [3.8, 4) is 0 Å². The van der Waals surface area contributed by atoms with Gasteiger partial charge in [-0.05, 0) is 42.0 Å². The van der Waals surface area contributed by atoms with Crippen LogP contribution < -0.4 is 10.2 Å². The molecule has 0 unspecified atom stereocenters. The van der Waals surface area contributed by atoms with E-state index in [4.69, 9.17) is 11.6 Å². The fraction of sp³-hybridized carbons (Fsp3) is 0.235. The monoisotopic (exact) mass is 366 g/mol. The second-order valence-corrected chi connectivity index (χ2v) is 7.98. The number of sulfone groups is 1. The number of nitrogens with one attached hydrogen (secondary N) is 1. The zero-order valence-corrected chi connectivity index (χ0v) is 15.1. The molecule has 24 heavy (non-hydrogen) atoms. The fourth-order valence-electron chi connectivity index (χ4n) is 2.06. The van der Waals surface area contributed by atoms with Gasteiger partial charge in [-0.3, -0.25) is 4.79 Å². The summed E-state index contributed by atoms with van der Waals surface area (Å²) in [6, 6.07) is 13.4. The van der Waals surface area contributed by atoms with Crippen LogP contribution in [0.4, 0.5) is 5.69 Å². The van der Waals surface area contributed by atoms with Gasteiger partial charge in [0.1, 0.15) is 5.75 Å². The third-order valence-corrected chi connectivity index (χ3v) is 5.32. The third-order valence-electron chi connectivity index (χ3n) is 3.44. The van der Waals surface area contributed by atoms with Gasteiger partial charge >= 0.3 is 0 Å². The Balaban J connectivity index is 1.94. The zero-order valence-electron chi connectivity index (χ0n) is 13.5. The van der Waals surface area contributed by atoms with Gasteiger partial charge in [-0.1, -0.05) is 23.7 Å². The van der Waals surface area contributed by atoms with E-state index in [0.717, 1.165) is 11.3 Å². The van der Waals surface area contributed by atoms with E-state index in [9.17, 15) is 13.2 Å². The minimum absolute atomic E-state index is 0.0809. The lowest BCUT2D eigenvalue weighted by Crippen LogP contribution is -2.29. The molecule has 0 aliphatic heterocycles. The summed E-state index contributed by atoms with van der Waals surface area (Å²) in [7, 11) is 0.210. The predicted molar refractivity (Wildman–Crippen MR) is 96.1 cm³/mol. The van der Waals surface area contributed by atoms with E-state index in [-0.39, 0.29) is 11.4 Å². The number of anilines is 1. The number of nitrogens with zero attached hydrogens (tertiary/aromatic N) is 1. The Hall–Kier alpha value is -2.05. The number of hydrogen-bond acceptors (Lipinski definition) is 4. The maximum absolute atomic E-state index is 12.2. The van der Waals surface area contributed by atoms with Crippen LogP contribution in [0.5, 0.6) is 0 Å². The summed E-state index contributed by atoms with van der Waals surface area (Å²) in [5.41, 5.74) is 1.95. The highest BCUT2D eigenvalue weighted by molar-refractivity contribution is 7.92. The summed E-state index contributed by atoms with van der Waals surface area (Å²) in [5.74, 6) is -1.13. The summed E-state index contributed by atoms with van der Waals surface area (Å²) in [5, 5.41) is 3.07. The Morgan fingerprint density at radius 1 is 1.04 bits per heavy atom. The van der Waals surface area contributed by atoms with Crippen molar-refractivity contribution in [1.82, 2.24) is 5.32 Å². The van der Waals surface area contributed by atoms with Gasteiger partial charge in [-0.2, -0.15) is 0 Å². The maximum atomic E-state index is 12.2. The first-order valence-corrected chi connectivity index (χ1v) is 9.32. The van der Waals surface area contributed by atoms with Crippen molar-refractivity contribution in [1.29, 1.82) is 0 Å². The van der Waals surface area contributed by atoms with Gasteiger partial charge in [0.15, 0.2) is 9.84 Å². The van der Waals surface area contributed by atoms with E-state index in [0.29, 0.717) is 5.02 Å². The third kappa shape index (κ3) is 4.97. The smallest absolute Gasteiger partial charge is 0.235 e. The van der Waals surface area contributed by atoms with Crippen LogP contribution in [-0.2, 0) is 21.2 Å². The molecule has 0 bridgehead atoms. The average molecular weight is 367 g/mol. The molecular formula is C17H19ClN2O3S. The Morgan fingerprint density at radius 2 is 1.62 bits per heavy atom. The lowest BCUT2D eigenvalue weighted by molar-refractivity contribution is -0.118. The van der Waals surface area contributed by atoms with E-state index in [1.165, 1.54) is 24.3 Å². The number of rotatable bonds is 6. The van der Waals surface area contributed by atoms with E-state index in [1.54, 1.807) is 0 Å². The van der Waals surface area contributed by atoms with E-state index >= 15 is 0 Å². The molecule has 2 rings (SSSR count). The molecule has 0 fully saturated rings. The molecule has 0 aromatic heterocycles. The van der Waals surface area contributed by atoms with Gasteiger partial charge in [0.05, 0.1) is 4.90 Å². The largest absolute Gasteiger partial charge is 0.378 e. The number of halogens is 1. The predicted octanol–water partition coefficient (Wildman–Crippen LogP) is 2.50. The first kappa shape index (κ1) is 18.3. The molecule has 2 aromatic carbocycles. The Bertz CT molecular complexity index is 801. The molecule has 0 aliphatic carbocycles. The molecule has 2 aromatic rings. The van der Waals surface area contributed by atoms with Crippen LogP contribution in [0.15, 0.2) is 53.4 Å². The topological polar surface area (TPSA) is 66.5 Å². The number of hydrogen-bond donors (Lipinski definition) is 1. The molecule has 7 heteroatoms. The van der Waals surface area contributed by atoms with Crippen molar-refractivity contribution in [2.24, 2.45) is 0 Å². The molecule has 0 aliphatic rings. The van der Waals surface area contributed by atoms with Crippen molar-refractivity contribution >= 4 is 33.0 Å². The van der Waals surface area contributed by atoms with E-state index in [2.05, 4.69) is 5.32 Å². The summed E-state index contributed by atoms with van der Waals surface area (Å²) in [4.78, 5) is 14.0. The highest BCUT2D eigenvalue weighted by atomic mass is 35.5. The van der Waals surface area contributed by atoms with Gasteiger partial charge in [-0.15, -0.1) is 0 Å². The normalized spacial score (nSPS) is 11.1. The fourth-order valence-corrected chi connectivity index (χ4v) is 3.35. The van der Waals surface area contributed by atoms with Crippen molar-refractivity contribution < 1.29 is 13.2 Å². The molecule has 0 saturated heterocycles. The van der Waals surface area contributed by atoms with Crippen LogP contribution >= 0.6 is 11.6 Å². The first-order chi connectivity index (χ1) is 11.3. The molecule has 0 atom stereocenters. The summed E-state index contributed by atoms with van der Waals surface area (Å²) >= 11 is 5.74. The van der Waals surface area contributed by atoms with Gasteiger partial charge in [0, 0.05) is 31.4 Å². The maximum Gasteiger partial charge on any atom is 0.235 e. The Labute approximate surface area is 147 Å². The number of carbonyl (C=O) groups is 1. The lowest BCUT2D eigenvalue weighted by Gasteiger charge is -2.13. The molecule has 0 heterocycles. The van der Waals surface area contributed by atoms with Crippen LogP contribution in [0.2, 0.25) is 5.02 Å². The first-order valence-electron chi connectivity index (χ1n) is 7.29. The van der Waals surface area contributed by atoms with Crippen LogP contribution in [0, 0.1) is 0 Å². The van der Waals surface area contributed by atoms with Crippen molar-refractivity contribution in [2.45, 2.75) is 11.4 Å². The molecule has 5 nitrogen and oxygen atoms in total. The van der Waals surface area contributed by atoms with Crippen LogP contribution in [0.1, 0.15) is 5.56 Å². The van der Waals surface area contributed by atoms with E-state index < -0.39 is 21.5 Å². The number of amides is 1. The van der Waals surface area contributed by atoms with Gasteiger partial charge < -0.3 is 10.2 Å². The van der Waals surface area contributed by atoms with E-state index in [1.807, 2.05) is 43.3 Å². The standard InChI is InChI=1S/C17H19ClN2O3S/c1-20(2)15-7-3-13(4-8-15)11-19-17(21)12-24(22,23)16-9-5-14(18)6-10-16/h3-10H,11-12H2,1-2H3,(H,19,21). The van der Waals surface area contributed by atoms with Gasteiger partial charge in [-0.25, -0.2) is 8.42 Å². The molecule has 0 saturated carbocycles. The van der Waals surface area contributed by atoms with Gasteiger partial charge in [0.25, 0.3) is 0 Å². The van der Waals surface area contributed by atoms with Crippen molar-refractivity contribution in [3.63, 3.8) is 0 Å². The van der Waals surface area contributed by atoms with Crippen molar-refractivity contribution in [2.75, 3.05) is 24.7 Å². The van der Waals surface area contributed by atoms with Crippen LogP contribution in [-0.4, -0.2) is 34.2 Å². The highest BCUT2D eigenvalue weighted by Crippen LogP contribution is 2.15. The summed E-state index contributed by atoms with van der Waals surface area (Å²) in [6.07, 6.45) is 0. The summed E-state index contributed by atoms with van der Waals surface area (Å²) in [6.45, 7) is 0.280. The molecular weight excluding hydrogens is 348 g/mol. The van der Waals surface area contributed by atoms with Crippen LogP contribution in [0.3, 0.4) is 0 Å². The SMILES string of the molecule is CN(C)c1ccc(CNC(=O)CS(=O)(=O)c2ccc(Cl)cc2)cc1. The lowest BCUT2D eigenvalue weighted by atomic mass is 10.2. The average Bonchev–Trinajstić information content (AvgIpc) is 2.53. The van der Waals surface area contributed by atoms with Gasteiger partial charge in [0.2, 0.25) is 5.91 Å². The second kappa shape index (κ2) is 7.68. The zero-order chi connectivity index (χ0) is 17.7. The van der Waals surface area contributed by atoms with Crippen LogP contribution in [0.25, 0.3) is 0 Å². The Morgan fingerprint density at radius 3 is 2.17 bits per heavy atom.